The van der Waals surface area contributed by atoms with Crippen LogP contribution < -0.4 is 5.32 Å². The predicted molar refractivity (Wildman–Crippen MR) is 108 cm³/mol. The summed E-state index contributed by atoms with van der Waals surface area (Å²) in [5.74, 6) is -1.41. The first-order chi connectivity index (χ1) is 12.7. The number of benzene rings is 2. The zero-order chi connectivity index (χ0) is 20.2. The van der Waals surface area contributed by atoms with E-state index in [1.165, 1.54) is 22.3 Å². The Bertz CT molecular complexity index is 851. The van der Waals surface area contributed by atoms with Gasteiger partial charge < -0.3 is 10.4 Å². The lowest BCUT2D eigenvalue weighted by molar-refractivity contribution is -0.135. The van der Waals surface area contributed by atoms with Crippen LogP contribution in [0.25, 0.3) is 0 Å². The third kappa shape index (κ3) is 4.21. The van der Waals surface area contributed by atoms with Gasteiger partial charge in [-0.25, -0.2) is 0 Å². The lowest BCUT2D eigenvalue weighted by Gasteiger charge is -2.34. The summed E-state index contributed by atoms with van der Waals surface area (Å²) in [6, 6.07) is 12.5. The van der Waals surface area contributed by atoms with E-state index >= 15 is 0 Å². The fourth-order valence-electron chi connectivity index (χ4n) is 3.74. The molecule has 0 aliphatic carbocycles. The molecule has 0 aliphatic rings. The maximum atomic E-state index is 12.2. The summed E-state index contributed by atoms with van der Waals surface area (Å²) in [4.78, 5) is 22.9. The van der Waals surface area contributed by atoms with Gasteiger partial charge in [0.25, 0.3) is 5.91 Å². The van der Waals surface area contributed by atoms with Gasteiger partial charge in [0.05, 0.1) is 0 Å². The van der Waals surface area contributed by atoms with Crippen molar-refractivity contribution in [2.75, 3.05) is 6.54 Å². The van der Waals surface area contributed by atoms with Crippen molar-refractivity contribution in [1.82, 2.24) is 5.32 Å². The molecule has 0 radical (unpaired) electrons. The van der Waals surface area contributed by atoms with Gasteiger partial charge in [-0.05, 0) is 67.5 Å². The minimum Gasteiger partial charge on any atom is -0.480 e. The zero-order valence-corrected chi connectivity index (χ0v) is 16.8. The summed E-state index contributed by atoms with van der Waals surface area (Å²) in [5.41, 5.74) is 6.29. The second-order valence-corrected chi connectivity index (χ2v) is 7.19. The lowest BCUT2D eigenvalue weighted by atomic mass is 9.69. The molecule has 2 rings (SSSR count). The van der Waals surface area contributed by atoms with E-state index < -0.39 is 5.97 Å². The van der Waals surface area contributed by atoms with E-state index in [0.29, 0.717) is 5.56 Å². The van der Waals surface area contributed by atoms with Gasteiger partial charge in [0.15, 0.2) is 0 Å². The standard InChI is InChI=1S/C23H29NO3/c1-6-23(7-2,18-9-8-15(3)16(4)12-18)19-10-11-20(17(5)13-19)22(27)24-14-21(25)26/h8-13H,6-7,14H2,1-5H3,(H,24,27)(H,25,26). The number of carbonyl (C=O) groups is 2. The molecule has 27 heavy (non-hydrogen) atoms. The van der Waals surface area contributed by atoms with Crippen LogP contribution in [-0.4, -0.2) is 23.5 Å². The Morgan fingerprint density at radius 2 is 1.44 bits per heavy atom. The van der Waals surface area contributed by atoms with Crippen LogP contribution in [0.3, 0.4) is 0 Å². The Morgan fingerprint density at radius 3 is 1.93 bits per heavy atom. The first-order valence-corrected chi connectivity index (χ1v) is 9.44. The largest absolute Gasteiger partial charge is 0.480 e. The summed E-state index contributed by atoms with van der Waals surface area (Å²) in [6.45, 7) is 10.2. The van der Waals surface area contributed by atoms with Crippen molar-refractivity contribution in [1.29, 1.82) is 0 Å². The predicted octanol–water partition coefficient (Wildman–Crippen LogP) is 4.53. The highest BCUT2D eigenvalue weighted by molar-refractivity contribution is 5.97. The van der Waals surface area contributed by atoms with E-state index in [2.05, 4.69) is 57.3 Å². The van der Waals surface area contributed by atoms with Crippen LogP contribution in [0.5, 0.6) is 0 Å². The zero-order valence-electron chi connectivity index (χ0n) is 16.8. The number of aryl methyl sites for hydroxylation is 3. The summed E-state index contributed by atoms with van der Waals surface area (Å²) in [7, 11) is 0. The number of carboxylic acids is 1. The minimum atomic E-state index is -1.05. The second-order valence-electron chi connectivity index (χ2n) is 7.19. The van der Waals surface area contributed by atoms with Crippen molar-refractivity contribution in [3.63, 3.8) is 0 Å². The molecule has 144 valence electrons. The van der Waals surface area contributed by atoms with Gasteiger partial charge in [-0.1, -0.05) is 44.2 Å². The Morgan fingerprint density at radius 1 is 0.889 bits per heavy atom. The van der Waals surface area contributed by atoms with Crippen molar-refractivity contribution in [2.24, 2.45) is 0 Å². The van der Waals surface area contributed by atoms with E-state index in [1.807, 2.05) is 19.1 Å². The summed E-state index contributed by atoms with van der Waals surface area (Å²) in [6.07, 6.45) is 1.91. The van der Waals surface area contributed by atoms with Gasteiger partial charge >= 0.3 is 5.97 Å². The number of rotatable bonds is 7. The number of hydrogen-bond donors (Lipinski definition) is 2. The molecule has 0 unspecified atom stereocenters. The number of hydrogen-bond acceptors (Lipinski definition) is 2. The Kier molecular flexibility index (Phi) is 6.42. The molecule has 0 saturated carbocycles. The highest BCUT2D eigenvalue weighted by Gasteiger charge is 2.31. The van der Waals surface area contributed by atoms with E-state index in [-0.39, 0.29) is 17.9 Å². The summed E-state index contributed by atoms with van der Waals surface area (Å²) in [5, 5.41) is 11.2. The van der Waals surface area contributed by atoms with Crippen LogP contribution in [0.1, 0.15) is 64.9 Å². The molecule has 2 N–H and O–H groups in total. The molecule has 0 spiro atoms. The Balaban J connectivity index is 2.46. The number of amides is 1. The van der Waals surface area contributed by atoms with E-state index in [9.17, 15) is 9.59 Å². The third-order valence-electron chi connectivity index (χ3n) is 5.69. The normalized spacial score (nSPS) is 11.3. The SMILES string of the molecule is CCC(CC)(c1ccc(C)c(C)c1)c1ccc(C(=O)NCC(=O)O)c(C)c1. The second kappa shape index (κ2) is 8.38. The molecule has 0 fully saturated rings. The average molecular weight is 367 g/mol. The molecule has 2 aromatic rings. The minimum absolute atomic E-state index is 0.112. The van der Waals surface area contributed by atoms with Crippen molar-refractivity contribution in [3.8, 4) is 0 Å². The van der Waals surface area contributed by atoms with E-state index in [4.69, 9.17) is 5.11 Å². The maximum absolute atomic E-state index is 12.2. The highest BCUT2D eigenvalue weighted by Crippen LogP contribution is 2.40. The van der Waals surface area contributed by atoms with Crippen LogP contribution in [-0.2, 0) is 10.2 Å². The highest BCUT2D eigenvalue weighted by atomic mass is 16.4. The van der Waals surface area contributed by atoms with Gasteiger partial charge in [0.2, 0.25) is 0 Å². The molecule has 0 bridgehead atoms. The first kappa shape index (κ1) is 20.7. The number of carbonyl (C=O) groups excluding carboxylic acids is 1. The quantitative estimate of drug-likeness (QED) is 0.755. The van der Waals surface area contributed by atoms with Gasteiger partial charge in [-0.3, -0.25) is 9.59 Å². The summed E-state index contributed by atoms with van der Waals surface area (Å²) < 4.78 is 0. The van der Waals surface area contributed by atoms with E-state index in [0.717, 1.165) is 18.4 Å². The van der Waals surface area contributed by atoms with Gasteiger partial charge in [0.1, 0.15) is 6.54 Å². The summed E-state index contributed by atoms with van der Waals surface area (Å²) >= 11 is 0. The van der Waals surface area contributed by atoms with Crippen LogP contribution >= 0.6 is 0 Å². The topological polar surface area (TPSA) is 66.4 Å². The molecular weight excluding hydrogens is 338 g/mol. The molecule has 0 aromatic heterocycles. The van der Waals surface area contributed by atoms with Crippen LogP contribution in [0.2, 0.25) is 0 Å². The average Bonchev–Trinajstić information content (AvgIpc) is 2.64. The first-order valence-electron chi connectivity index (χ1n) is 9.44. The fraction of sp³-hybridized carbons (Fsp3) is 0.391. The third-order valence-corrected chi connectivity index (χ3v) is 5.69. The Hall–Kier alpha value is -2.62. The monoisotopic (exact) mass is 367 g/mol. The van der Waals surface area contributed by atoms with Gasteiger partial charge in [0, 0.05) is 11.0 Å². The van der Waals surface area contributed by atoms with Crippen molar-refractivity contribution >= 4 is 11.9 Å². The molecular formula is C23H29NO3. The number of aliphatic carboxylic acids is 1. The maximum Gasteiger partial charge on any atom is 0.322 e. The molecule has 4 nitrogen and oxygen atoms in total. The van der Waals surface area contributed by atoms with Crippen molar-refractivity contribution < 1.29 is 14.7 Å². The molecule has 0 aliphatic heterocycles. The van der Waals surface area contributed by atoms with Crippen molar-refractivity contribution in [3.05, 3.63) is 69.8 Å². The number of nitrogens with one attached hydrogen (secondary N) is 1. The lowest BCUT2D eigenvalue weighted by Crippen LogP contribution is -2.30. The van der Waals surface area contributed by atoms with Crippen LogP contribution in [0.4, 0.5) is 0 Å². The molecule has 4 heteroatoms. The molecule has 1 amide bonds. The fourth-order valence-corrected chi connectivity index (χ4v) is 3.74. The Labute approximate surface area is 161 Å². The van der Waals surface area contributed by atoms with Crippen LogP contribution in [0, 0.1) is 20.8 Å². The molecule has 2 aromatic carbocycles. The molecule has 0 heterocycles. The smallest absolute Gasteiger partial charge is 0.322 e. The molecule has 0 atom stereocenters. The number of carboxylic acid groups (broad SMARTS) is 1. The van der Waals surface area contributed by atoms with Crippen LogP contribution in [0.15, 0.2) is 36.4 Å². The van der Waals surface area contributed by atoms with Crippen molar-refractivity contribution in [2.45, 2.75) is 52.9 Å². The van der Waals surface area contributed by atoms with Gasteiger partial charge in [-0.15, -0.1) is 0 Å². The van der Waals surface area contributed by atoms with E-state index in [1.54, 1.807) is 0 Å². The van der Waals surface area contributed by atoms with Gasteiger partial charge in [-0.2, -0.15) is 0 Å². The molecule has 0 saturated heterocycles.